The predicted octanol–water partition coefficient (Wildman–Crippen LogP) is 3.42. The van der Waals surface area contributed by atoms with Crippen molar-refractivity contribution < 1.29 is 31.2 Å². The number of carbonyl (C=O) groups excluding carboxylic acids is 2. The number of aryl methyl sites for hydroxylation is 1. The number of sulfonamides is 1. The maximum absolute atomic E-state index is 13.6. The van der Waals surface area contributed by atoms with E-state index in [0.717, 1.165) is 60.7 Å². The molecule has 0 bridgehead atoms. The first-order valence-electron chi connectivity index (χ1n) is 16.7. The van der Waals surface area contributed by atoms with Gasteiger partial charge in [-0.15, -0.1) is 0 Å². The number of aromatic nitrogens is 4. The van der Waals surface area contributed by atoms with E-state index < -0.39 is 27.8 Å². The summed E-state index contributed by atoms with van der Waals surface area (Å²) in [7, 11) is -1.92. The van der Waals surface area contributed by atoms with Crippen LogP contribution in [-0.2, 0) is 34.6 Å². The van der Waals surface area contributed by atoms with Crippen molar-refractivity contribution in [2.75, 3.05) is 60.9 Å². The van der Waals surface area contributed by atoms with Gasteiger partial charge in [-0.25, -0.2) is 23.2 Å². The molecular weight excluding hydrogens is 689 g/mol. The van der Waals surface area contributed by atoms with Crippen LogP contribution in [0.15, 0.2) is 59.8 Å². The Morgan fingerprint density at radius 1 is 0.941 bits per heavy atom. The molecule has 2 aromatic carbocycles. The first-order chi connectivity index (χ1) is 24.3. The minimum atomic E-state index is -4.52. The van der Waals surface area contributed by atoms with Crippen LogP contribution in [0.4, 0.5) is 35.4 Å². The van der Waals surface area contributed by atoms with Gasteiger partial charge in [0.2, 0.25) is 21.9 Å². The molecule has 0 radical (unpaired) electrons. The molecule has 4 aromatic rings. The average molecular weight is 727 g/mol. The van der Waals surface area contributed by atoms with Crippen LogP contribution in [0.2, 0.25) is 0 Å². The third-order valence-electron chi connectivity index (χ3n) is 9.57. The Kier molecular flexibility index (Phi) is 9.32. The van der Waals surface area contributed by atoms with Gasteiger partial charge in [0.15, 0.2) is 5.82 Å². The van der Waals surface area contributed by atoms with Crippen molar-refractivity contribution in [2.24, 2.45) is 7.05 Å². The molecule has 18 heteroatoms. The first-order valence-corrected chi connectivity index (χ1v) is 18.1. The lowest BCUT2D eigenvalue weighted by molar-refractivity contribution is -0.138. The highest BCUT2D eigenvalue weighted by Gasteiger charge is 2.33. The molecule has 2 aromatic heterocycles. The highest BCUT2D eigenvalue weighted by molar-refractivity contribution is 7.89. The molecule has 0 aliphatic carbocycles. The molecule has 270 valence electrons. The molecule has 5 heterocycles. The zero-order chi connectivity index (χ0) is 35.9. The molecule has 0 atom stereocenters. The molecule has 7 rings (SSSR count). The summed E-state index contributed by atoms with van der Waals surface area (Å²) in [6, 6.07) is 12.4. The molecule has 3 saturated heterocycles. The van der Waals surface area contributed by atoms with Crippen LogP contribution in [0.1, 0.15) is 30.4 Å². The largest absolute Gasteiger partial charge is 0.419 e. The number of anilines is 3. The van der Waals surface area contributed by atoms with Crippen LogP contribution in [0.3, 0.4) is 0 Å². The maximum Gasteiger partial charge on any atom is 0.419 e. The van der Waals surface area contributed by atoms with Crippen molar-refractivity contribution in [3.8, 4) is 0 Å². The average Bonchev–Trinajstić information content (AvgIpc) is 3.44. The minimum Gasteiger partial charge on any atom is -0.369 e. The molecule has 3 aliphatic heterocycles. The molecule has 51 heavy (non-hydrogen) atoms. The number of halogens is 3. The number of nitrogens with one attached hydrogen (secondary N) is 2. The van der Waals surface area contributed by atoms with Crippen LogP contribution in [-0.4, -0.2) is 101 Å². The zero-order valence-corrected chi connectivity index (χ0v) is 28.6. The van der Waals surface area contributed by atoms with Crippen molar-refractivity contribution in [3.63, 3.8) is 0 Å². The van der Waals surface area contributed by atoms with E-state index in [-0.39, 0.29) is 48.8 Å². The van der Waals surface area contributed by atoms with Gasteiger partial charge in [0.05, 0.1) is 16.0 Å². The zero-order valence-electron chi connectivity index (χ0n) is 27.8. The van der Waals surface area contributed by atoms with Crippen molar-refractivity contribution >= 4 is 50.3 Å². The number of hydrogen-bond acceptors (Lipinski definition) is 10. The van der Waals surface area contributed by atoms with E-state index in [2.05, 4.69) is 41.6 Å². The fraction of sp³-hybridized carbons (Fsp3) is 0.424. The van der Waals surface area contributed by atoms with E-state index in [9.17, 15) is 31.2 Å². The number of imide groups is 1. The van der Waals surface area contributed by atoms with Gasteiger partial charge < -0.3 is 10.2 Å². The predicted molar refractivity (Wildman–Crippen MR) is 183 cm³/mol. The number of fused-ring (bicyclic) bond motifs is 1. The summed E-state index contributed by atoms with van der Waals surface area (Å²) in [5.41, 5.74) is 1.88. The van der Waals surface area contributed by atoms with Gasteiger partial charge >= 0.3 is 12.2 Å². The van der Waals surface area contributed by atoms with Gasteiger partial charge in [-0.05, 0) is 48.7 Å². The van der Waals surface area contributed by atoms with E-state index in [1.807, 2.05) is 25.2 Å². The fourth-order valence-electron chi connectivity index (χ4n) is 6.74. The minimum absolute atomic E-state index is 0.0753. The summed E-state index contributed by atoms with van der Waals surface area (Å²) in [6.07, 6.45) is -1.92. The van der Waals surface area contributed by atoms with Gasteiger partial charge in [0.1, 0.15) is 0 Å². The molecule has 0 unspecified atom stereocenters. The number of nitrogens with zero attached hydrogens (tertiary/aromatic N) is 8. The lowest BCUT2D eigenvalue weighted by Crippen LogP contribution is -2.49. The van der Waals surface area contributed by atoms with E-state index >= 15 is 0 Å². The second-order valence-corrected chi connectivity index (χ2v) is 14.9. The van der Waals surface area contributed by atoms with E-state index in [0.29, 0.717) is 25.2 Å². The molecule has 0 saturated carbocycles. The van der Waals surface area contributed by atoms with Gasteiger partial charge in [0.25, 0.3) is 0 Å². The normalized spacial score (nSPS) is 18.7. The van der Waals surface area contributed by atoms with Crippen molar-refractivity contribution in [3.05, 3.63) is 66.0 Å². The summed E-state index contributed by atoms with van der Waals surface area (Å²) >= 11 is 0. The molecule has 14 nitrogen and oxygen atoms in total. The standard InChI is InChI=1S/C33H37F3N10O4S/c1-42-28-18-25(5-6-27(28)30(41-42)46-12-9-29(47)40-32(46)48)44-15-13-43(14-16-44)21-22-3-2-4-26(17-22)51(49,50)45-10-7-24(8-11-45)39-31-37-19-23(20-38-31)33(34,35)36/h2-6,17-20,24H,7-16,21H2,1H3,(H,37,38,39)(H,40,47,48). The second kappa shape index (κ2) is 13.7. The highest BCUT2D eigenvalue weighted by Crippen LogP contribution is 2.32. The van der Waals surface area contributed by atoms with Gasteiger partial charge in [0, 0.05) is 95.3 Å². The number of carbonyl (C=O) groups is 2. The monoisotopic (exact) mass is 726 g/mol. The van der Waals surface area contributed by atoms with Gasteiger partial charge in [-0.3, -0.25) is 24.6 Å². The Balaban J connectivity index is 0.930. The lowest BCUT2D eigenvalue weighted by atomic mass is 10.1. The number of piperazine rings is 1. The number of piperidine rings is 1. The summed E-state index contributed by atoms with van der Waals surface area (Å²) < 4.78 is 68.8. The Labute approximate surface area is 292 Å². The Bertz CT molecular complexity index is 2040. The Morgan fingerprint density at radius 2 is 1.67 bits per heavy atom. The topological polar surface area (TPSA) is 149 Å². The number of amides is 3. The summed E-state index contributed by atoms with van der Waals surface area (Å²) in [5.74, 6) is 0.301. The van der Waals surface area contributed by atoms with Crippen LogP contribution < -0.4 is 20.4 Å². The van der Waals surface area contributed by atoms with Crippen LogP contribution in [0, 0.1) is 0 Å². The molecule has 2 N–H and O–H groups in total. The fourth-order valence-corrected chi connectivity index (χ4v) is 8.28. The molecule has 3 fully saturated rings. The SMILES string of the molecule is Cn1nc(N2CCC(=O)NC2=O)c2ccc(N3CCN(Cc4cccc(S(=O)(=O)N5CCC(Nc6ncc(C(F)(F)F)cn6)CC5)c4)CC3)cc21. The van der Waals surface area contributed by atoms with Crippen LogP contribution >= 0.6 is 0 Å². The summed E-state index contributed by atoms with van der Waals surface area (Å²) in [5, 5.41) is 10.8. The Morgan fingerprint density at radius 3 is 2.35 bits per heavy atom. The number of alkyl halides is 3. The number of hydrogen-bond donors (Lipinski definition) is 2. The third kappa shape index (κ3) is 7.34. The van der Waals surface area contributed by atoms with Crippen LogP contribution in [0.5, 0.6) is 0 Å². The second-order valence-electron chi connectivity index (χ2n) is 12.9. The highest BCUT2D eigenvalue weighted by atomic mass is 32.2. The van der Waals surface area contributed by atoms with Gasteiger partial charge in [-0.2, -0.15) is 22.6 Å². The van der Waals surface area contributed by atoms with E-state index in [1.165, 1.54) is 9.21 Å². The first kappa shape index (κ1) is 34.6. The quantitative estimate of drug-likeness (QED) is 0.277. The Hall–Kier alpha value is -4.81. The number of urea groups is 1. The van der Waals surface area contributed by atoms with Crippen molar-refractivity contribution in [1.82, 2.24) is 34.3 Å². The smallest absolute Gasteiger partial charge is 0.369 e. The summed E-state index contributed by atoms with van der Waals surface area (Å²) in [4.78, 5) is 37.9. The van der Waals surface area contributed by atoms with Crippen molar-refractivity contribution in [2.45, 2.75) is 42.9 Å². The molecular formula is C33H37F3N10O4S. The van der Waals surface area contributed by atoms with Crippen LogP contribution in [0.25, 0.3) is 10.9 Å². The summed E-state index contributed by atoms with van der Waals surface area (Å²) in [6.45, 7) is 4.48. The third-order valence-corrected chi connectivity index (χ3v) is 11.5. The molecule has 3 amide bonds. The maximum atomic E-state index is 13.6. The van der Waals surface area contributed by atoms with Gasteiger partial charge in [-0.1, -0.05) is 12.1 Å². The number of rotatable bonds is 8. The van der Waals surface area contributed by atoms with E-state index in [1.54, 1.807) is 22.9 Å². The molecule has 0 spiro atoms. The molecule has 3 aliphatic rings. The van der Waals surface area contributed by atoms with E-state index in [4.69, 9.17) is 0 Å². The van der Waals surface area contributed by atoms with Crippen molar-refractivity contribution in [1.29, 1.82) is 0 Å². The lowest BCUT2D eigenvalue weighted by Gasteiger charge is -2.36. The number of benzene rings is 2.